The first-order chi connectivity index (χ1) is 10.6. The molecule has 22 heavy (non-hydrogen) atoms. The lowest BCUT2D eigenvalue weighted by atomic mass is 10.0. The van der Waals surface area contributed by atoms with Gasteiger partial charge in [0.1, 0.15) is 0 Å². The van der Waals surface area contributed by atoms with Crippen molar-refractivity contribution in [2.45, 2.75) is 32.0 Å². The second kappa shape index (κ2) is 6.14. The van der Waals surface area contributed by atoms with E-state index in [2.05, 4.69) is 10.4 Å². The van der Waals surface area contributed by atoms with Gasteiger partial charge in [0.05, 0.1) is 12.3 Å². The molecule has 3 rings (SSSR count). The smallest absolute Gasteiger partial charge is 0.159 e. The van der Waals surface area contributed by atoms with Crippen molar-refractivity contribution in [2.75, 3.05) is 6.61 Å². The molecule has 0 bridgehead atoms. The molecule has 1 aliphatic rings. The molecule has 0 radical (unpaired) electrons. The van der Waals surface area contributed by atoms with Crippen LogP contribution in [0.2, 0.25) is 0 Å². The number of benzene rings is 1. The predicted molar refractivity (Wildman–Crippen MR) is 78.2 cm³/mol. The van der Waals surface area contributed by atoms with Crippen molar-refractivity contribution in [3.8, 4) is 0 Å². The number of hydrogen-bond donors (Lipinski definition) is 1. The highest BCUT2D eigenvalue weighted by Crippen LogP contribution is 2.30. The van der Waals surface area contributed by atoms with Crippen LogP contribution in [0.4, 0.5) is 8.78 Å². The topological polar surface area (TPSA) is 39.1 Å². The van der Waals surface area contributed by atoms with Gasteiger partial charge in [0, 0.05) is 37.5 Å². The van der Waals surface area contributed by atoms with Crippen molar-refractivity contribution in [1.82, 2.24) is 15.1 Å². The van der Waals surface area contributed by atoms with Gasteiger partial charge in [-0.3, -0.25) is 4.68 Å². The van der Waals surface area contributed by atoms with E-state index >= 15 is 0 Å². The van der Waals surface area contributed by atoms with Crippen molar-refractivity contribution < 1.29 is 13.5 Å². The number of nitrogens with zero attached hydrogens (tertiary/aromatic N) is 2. The van der Waals surface area contributed by atoms with Crippen LogP contribution in [-0.4, -0.2) is 22.4 Å². The zero-order valence-electron chi connectivity index (χ0n) is 12.6. The molecule has 0 aliphatic carbocycles. The molecule has 6 heteroatoms. The third-order valence-electron chi connectivity index (χ3n) is 4.26. The van der Waals surface area contributed by atoms with Gasteiger partial charge in [0.15, 0.2) is 11.6 Å². The molecule has 1 aromatic carbocycles. The minimum atomic E-state index is -0.838. The van der Waals surface area contributed by atoms with Crippen LogP contribution in [0.1, 0.15) is 29.3 Å². The number of hydrogen-bond acceptors (Lipinski definition) is 3. The van der Waals surface area contributed by atoms with Crippen LogP contribution in [0.25, 0.3) is 0 Å². The van der Waals surface area contributed by atoms with Crippen LogP contribution in [0.5, 0.6) is 0 Å². The van der Waals surface area contributed by atoms with Gasteiger partial charge in [-0.2, -0.15) is 5.10 Å². The lowest BCUT2D eigenvalue weighted by molar-refractivity contribution is 0.0981. The first-order valence-electron chi connectivity index (χ1n) is 7.33. The van der Waals surface area contributed by atoms with Gasteiger partial charge in [-0.15, -0.1) is 0 Å². The number of aryl methyl sites for hydroxylation is 1. The van der Waals surface area contributed by atoms with Crippen LogP contribution in [-0.2, 0) is 18.3 Å². The molecular formula is C16H19F2N3O. The molecule has 2 atom stereocenters. The summed E-state index contributed by atoms with van der Waals surface area (Å²) in [5.41, 5.74) is 2.89. The summed E-state index contributed by atoms with van der Waals surface area (Å²) in [5.74, 6) is -1.67. The van der Waals surface area contributed by atoms with E-state index in [1.54, 1.807) is 6.07 Å². The van der Waals surface area contributed by atoms with Crippen LogP contribution in [0.3, 0.4) is 0 Å². The first kappa shape index (κ1) is 15.1. The van der Waals surface area contributed by atoms with E-state index in [4.69, 9.17) is 4.74 Å². The van der Waals surface area contributed by atoms with Gasteiger partial charge < -0.3 is 10.1 Å². The maximum Gasteiger partial charge on any atom is 0.159 e. The van der Waals surface area contributed by atoms with Crippen molar-refractivity contribution in [3.05, 3.63) is 52.9 Å². The highest BCUT2D eigenvalue weighted by atomic mass is 19.2. The molecule has 1 N–H and O–H groups in total. The summed E-state index contributed by atoms with van der Waals surface area (Å²) in [6.07, 6.45) is 2.42. The minimum absolute atomic E-state index is 0.0736. The largest absolute Gasteiger partial charge is 0.372 e. The maximum absolute atomic E-state index is 13.4. The Labute approximate surface area is 128 Å². The normalized spacial score (nSPS) is 21.5. The zero-order chi connectivity index (χ0) is 15.7. The van der Waals surface area contributed by atoms with E-state index < -0.39 is 11.6 Å². The Morgan fingerprint density at radius 3 is 2.86 bits per heavy atom. The fourth-order valence-corrected chi connectivity index (χ4v) is 2.78. The molecule has 0 saturated carbocycles. The van der Waals surface area contributed by atoms with Crippen LogP contribution >= 0.6 is 0 Å². The van der Waals surface area contributed by atoms with E-state index in [-0.39, 0.29) is 12.1 Å². The average molecular weight is 307 g/mol. The molecule has 2 heterocycles. The highest BCUT2D eigenvalue weighted by Gasteiger charge is 2.30. The molecule has 2 aromatic rings. The summed E-state index contributed by atoms with van der Waals surface area (Å²) in [7, 11) is 1.90. The lowest BCUT2D eigenvalue weighted by Crippen LogP contribution is -2.31. The van der Waals surface area contributed by atoms with E-state index in [0.29, 0.717) is 18.7 Å². The number of nitrogens with one attached hydrogen (secondary N) is 1. The highest BCUT2D eigenvalue weighted by molar-refractivity contribution is 5.23. The van der Waals surface area contributed by atoms with Crippen LogP contribution in [0.15, 0.2) is 24.4 Å². The Morgan fingerprint density at radius 1 is 1.36 bits per heavy atom. The molecule has 1 saturated heterocycles. The van der Waals surface area contributed by atoms with Gasteiger partial charge >= 0.3 is 0 Å². The summed E-state index contributed by atoms with van der Waals surface area (Å²) < 4.78 is 34.0. The monoisotopic (exact) mass is 307 g/mol. The van der Waals surface area contributed by atoms with Gasteiger partial charge in [-0.05, 0) is 31.0 Å². The lowest BCUT2D eigenvalue weighted by Gasteiger charge is -2.20. The molecule has 1 fully saturated rings. The SMILES string of the molecule is Cc1c(CN[C@H]2CCO[C@@H]2c2ccc(F)c(F)c2)cnn1C. The summed E-state index contributed by atoms with van der Waals surface area (Å²) >= 11 is 0. The molecule has 0 spiro atoms. The number of rotatable bonds is 4. The molecule has 118 valence electrons. The Balaban J connectivity index is 1.70. The van der Waals surface area contributed by atoms with Gasteiger partial charge in [-0.25, -0.2) is 8.78 Å². The van der Waals surface area contributed by atoms with Crippen molar-refractivity contribution in [1.29, 1.82) is 0 Å². The van der Waals surface area contributed by atoms with E-state index in [1.165, 1.54) is 6.07 Å². The summed E-state index contributed by atoms with van der Waals surface area (Å²) in [6.45, 7) is 3.29. The summed E-state index contributed by atoms with van der Waals surface area (Å²) in [5, 5.41) is 7.65. The molecule has 0 unspecified atom stereocenters. The van der Waals surface area contributed by atoms with Crippen molar-refractivity contribution in [3.63, 3.8) is 0 Å². The Hall–Kier alpha value is -1.79. The van der Waals surface area contributed by atoms with E-state index in [9.17, 15) is 8.78 Å². The van der Waals surface area contributed by atoms with Crippen molar-refractivity contribution >= 4 is 0 Å². The Morgan fingerprint density at radius 2 is 2.18 bits per heavy atom. The minimum Gasteiger partial charge on any atom is -0.372 e. The second-order valence-electron chi connectivity index (χ2n) is 5.62. The fraction of sp³-hybridized carbons (Fsp3) is 0.438. The summed E-state index contributed by atoms with van der Waals surface area (Å²) in [4.78, 5) is 0. The standard InChI is InChI=1S/C16H19F2N3O/c1-10-12(9-20-21(10)2)8-19-15-5-6-22-16(15)11-3-4-13(17)14(18)7-11/h3-4,7,9,15-16,19H,5-6,8H2,1-2H3/t15-,16+/m0/s1. The van der Waals surface area contributed by atoms with Gasteiger partial charge in [-0.1, -0.05) is 6.07 Å². The zero-order valence-corrected chi connectivity index (χ0v) is 12.6. The van der Waals surface area contributed by atoms with E-state index in [1.807, 2.05) is 24.9 Å². The second-order valence-corrected chi connectivity index (χ2v) is 5.62. The van der Waals surface area contributed by atoms with Crippen LogP contribution < -0.4 is 5.32 Å². The quantitative estimate of drug-likeness (QED) is 0.944. The average Bonchev–Trinajstić information content (AvgIpc) is 3.09. The van der Waals surface area contributed by atoms with Gasteiger partial charge in [0.25, 0.3) is 0 Å². The molecule has 4 nitrogen and oxygen atoms in total. The summed E-state index contributed by atoms with van der Waals surface area (Å²) in [6, 6.07) is 4.02. The predicted octanol–water partition coefficient (Wildman–Crippen LogP) is 2.63. The third kappa shape index (κ3) is 2.89. The van der Waals surface area contributed by atoms with Crippen LogP contribution in [0, 0.1) is 18.6 Å². The maximum atomic E-state index is 13.4. The Kier molecular flexibility index (Phi) is 4.22. The third-order valence-corrected chi connectivity index (χ3v) is 4.26. The fourth-order valence-electron chi connectivity index (χ4n) is 2.78. The first-order valence-corrected chi connectivity index (χ1v) is 7.33. The number of ether oxygens (including phenoxy) is 1. The molecular weight excluding hydrogens is 288 g/mol. The van der Waals surface area contributed by atoms with Crippen molar-refractivity contribution in [2.24, 2.45) is 7.05 Å². The number of halogens is 2. The molecule has 1 aromatic heterocycles. The molecule has 0 amide bonds. The number of aromatic nitrogens is 2. The Bertz CT molecular complexity index is 671. The molecule has 1 aliphatic heterocycles. The van der Waals surface area contributed by atoms with E-state index in [0.717, 1.165) is 23.7 Å². The van der Waals surface area contributed by atoms with Gasteiger partial charge in [0.2, 0.25) is 0 Å².